The summed E-state index contributed by atoms with van der Waals surface area (Å²) in [5.74, 6) is -2.44. The number of halogens is 2. The van der Waals surface area contributed by atoms with Crippen molar-refractivity contribution in [2.75, 3.05) is 18.5 Å². The van der Waals surface area contributed by atoms with Gasteiger partial charge in [-0.3, -0.25) is 24.1 Å². The first-order chi connectivity index (χ1) is 14.2. The number of hydrogen-bond acceptors (Lipinski definition) is 5. The van der Waals surface area contributed by atoms with Crippen LogP contribution >= 0.6 is 31.9 Å². The van der Waals surface area contributed by atoms with Gasteiger partial charge in [0.2, 0.25) is 11.8 Å². The van der Waals surface area contributed by atoms with Gasteiger partial charge in [0, 0.05) is 15.3 Å². The highest BCUT2D eigenvalue weighted by Gasteiger charge is 2.66. The Bertz CT molecular complexity index is 904. The number of nitrogens with one attached hydrogen (secondary N) is 1. The van der Waals surface area contributed by atoms with Crippen molar-refractivity contribution in [1.29, 1.82) is 0 Å². The van der Waals surface area contributed by atoms with Gasteiger partial charge < -0.3 is 10.1 Å². The smallest absolute Gasteiger partial charge is 0.326 e. The zero-order chi connectivity index (χ0) is 21.7. The molecule has 2 saturated carbocycles. The Morgan fingerprint density at radius 2 is 1.70 bits per heavy atom. The van der Waals surface area contributed by atoms with Gasteiger partial charge in [-0.15, -0.1) is 0 Å². The number of imide groups is 1. The largest absolute Gasteiger partial charge is 0.454 e. The zero-order valence-corrected chi connectivity index (χ0v) is 19.7. The SMILES string of the molecule is Cc1cccc(NC(=O)COC(=O)CN2C(=O)[C@@H]3[C@H]4C[C@@H]([C@H](Br)[C@H]4Br)[C@H]3C2=O)c1C. The lowest BCUT2D eigenvalue weighted by Crippen LogP contribution is -2.38. The standard InChI is InChI=1S/C21H22Br2N2O5/c1-9-4-3-5-13(10(9)2)24-14(26)8-30-15(27)7-25-20(28)16-11-6-12(17(16)21(25)29)19(23)18(11)22/h3-5,11-12,16-19H,6-8H2,1-2H3,(H,24,26)/t11-,12-,16-,17-,18+,19+/m1/s1. The van der Waals surface area contributed by atoms with Crippen molar-refractivity contribution in [3.8, 4) is 0 Å². The maximum absolute atomic E-state index is 12.8. The molecule has 1 saturated heterocycles. The van der Waals surface area contributed by atoms with Crippen LogP contribution in [-0.4, -0.2) is 51.4 Å². The van der Waals surface area contributed by atoms with Crippen LogP contribution in [0, 0.1) is 37.5 Å². The van der Waals surface area contributed by atoms with E-state index in [1.54, 1.807) is 6.07 Å². The minimum atomic E-state index is -0.772. The minimum Gasteiger partial charge on any atom is -0.454 e. The monoisotopic (exact) mass is 540 g/mol. The second-order valence-corrected chi connectivity index (χ2v) is 10.3. The highest BCUT2D eigenvalue weighted by atomic mass is 79.9. The van der Waals surface area contributed by atoms with E-state index in [0.29, 0.717) is 5.69 Å². The predicted molar refractivity (Wildman–Crippen MR) is 116 cm³/mol. The van der Waals surface area contributed by atoms with Gasteiger partial charge >= 0.3 is 5.97 Å². The molecule has 160 valence electrons. The number of carbonyl (C=O) groups excluding carboxylic acids is 4. The molecule has 30 heavy (non-hydrogen) atoms. The summed E-state index contributed by atoms with van der Waals surface area (Å²) in [6, 6.07) is 5.53. The molecule has 0 aromatic heterocycles. The molecule has 1 aromatic rings. The molecule has 3 fully saturated rings. The van der Waals surface area contributed by atoms with Gasteiger partial charge in [0.1, 0.15) is 6.54 Å². The molecule has 0 spiro atoms. The van der Waals surface area contributed by atoms with Crippen molar-refractivity contribution in [1.82, 2.24) is 4.90 Å². The van der Waals surface area contributed by atoms with Gasteiger partial charge in [-0.2, -0.15) is 0 Å². The summed E-state index contributed by atoms with van der Waals surface area (Å²) >= 11 is 7.26. The molecule has 2 bridgehead atoms. The van der Waals surface area contributed by atoms with Gasteiger partial charge in [0.05, 0.1) is 11.8 Å². The number of carbonyl (C=O) groups is 4. The van der Waals surface area contributed by atoms with Gasteiger partial charge in [-0.05, 0) is 49.3 Å². The Morgan fingerprint density at radius 1 is 1.10 bits per heavy atom. The number of esters is 1. The van der Waals surface area contributed by atoms with E-state index in [-0.39, 0.29) is 45.1 Å². The van der Waals surface area contributed by atoms with E-state index in [1.165, 1.54) is 0 Å². The average molecular weight is 542 g/mol. The fourth-order valence-electron chi connectivity index (χ4n) is 4.96. The van der Waals surface area contributed by atoms with Crippen molar-refractivity contribution >= 4 is 61.2 Å². The Hall–Kier alpha value is -1.74. The third-order valence-corrected chi connectivity index (χ3v) is 9.82. The lowest BCUT2D eigenvalue weighted by molar-refractivity contribution is -0.154. The highest BCUT2D eigenvalue weighted by Crippen LogP contribution is 2.60. The molecular weight excluding hydrogens is 520 g/mol. The van der Waals surface area contributed by atoms with Crippen LogP contribution in [0.1, 0.15) is 17.5 Å². The second-order valence-electron chi connectivity index (χ2n) is 8.22. The quantitative estimate of drug-likeness (QED) is 0.351. The molecule has 1 heterocycles. The van der Waals surface area contributed by atoms with E-state index in [9.17, 15) is 19.2 Å². The van der Waals surface area contributed by atoms with Gasteiger partial charge in [-0.25, -0.2) is 0 Å². The highest BCUT2D eigenvalue weighted by molar-refractivity contribution is 9.12. The zero-order valence-electron chi connectivity index (χ0n) is 16.6. The van der Waals surface area contributed by atoms with Crippen molar-refractivity contribution in [2.24, 2.45) is 23.7 Å². The maximum Gasteiger partial charge on any atom is 0.326 e. The molecule has 2 aliphatic carbocycles. The molecule has 3 amide bonds. The summed E-state index contributed by atoms with van der Waals surface area (Å²) in [5, 5.41) is 2.71. The number of amides is 3. The van der Waals surface area contributed by atoms with E-state index >= 15 is 0 Å². The van der Waals surface area contributed by atoms with E-state index in [1.807, 2.05) is 26.0 Å². The molecule has 4 rings (SSSR count). The van der Waals surface area contributed by atoms with Crippen molar-refractivity contribution < 1.29 is 23.9 Å². The first-order valence-corrected chi connectivity index (χ1v) is 11.7. The van der Waals surface area contributed by atoms with E-state index in [2.05, 4.69) is 37.2 Å². The Kier molecular flexibility index (Phi) is 5.78. The van der Waals surface area contributed by atoms with Crippen LogP contribution < -0.4 is 5.32 Å². The van der Waals surface area contributed by atoms with Crippen LogP contribution in [0.25, 0.3) is 0 Å². The fraction of sp³-hybridized carbons (Fsp3) is 0.524. The van der Waals surface area contributed by atoms with Crippen molar-refractivity contribution in [2.45, 2.75) is 29.9 Å². The molecule has 0 unspecified atom stereocenters. The molecule has 7 nitrogen and oxygen atoms in total. The number of anilines is 1. The van der Waals surface area contributed by atoms with Crippen LogP contribution in [-0.2, 0) is 23.9 Å². The molecule has 1 N–H and O–H groups in total. The van der Waals surface area contributed by atoms with Gasteiger partial charge in [0.25, 0.3) is 5.91 Å². The molecule has 0 radical (unpaired) electrons. The van der Waals surface area contributed by atoms with E-state index < -0.39 is 25.0 Å². The Morgan fingerprint density at radius 3 is 2.30 bits per heavy atom. The number of benzene rings is 1. The molecule has 3 aliphatic rings. The third-order valence-electron chi connectivity index (χ3n) is 6.61. The van der Waals surface area contributed by atoms with Crippen LogP contribution in [0.15, 0.2) is 18.2 Å². The number of hydrogen-bond donors (Lipinski definition) is 1. The molecule has 6 atom stereocenters. The van der Waals surface area contributed by atoms with Crippen LogP contribution in [0.4, 0.5) is 5.69 Å². The van der Waals surface area contributed by atoms with Gasteiger partial charge in [-0.1, -0.05) is 44.0 Å². The lowest BCUT2D eigenvalue weighted by atomic mass is 9.81. The van der Waals surface area contributed by atoms with Crippen LogP contribution in [0.2, 0.25) is 0 Å². The number of aryl methyl sites for hydroxylation is 1. The summed E-state index contributed by atoms with van der Waals surface area (Å²) in [4.78, 5) is 51.2. The number of likely N-dealkylation sites (tertiary alicyclic amines) is 1. The van der Waals surface area contributed by atoms with Crippen LogP contribution in [0.3, 0.4) is 0 Å². The summed E-state index contributed by atoms with van der Waals surface area (Å²) in [5.41, 5.74) is 2.62. The topological polar surface area (TPSA) is 92.8 Å². The summed E-state index contributed by atoms with van der Waals surface area (Å²) < 4.78 is 5.02. The normalized spacial score (nSPS) is 31.8. The number of rotatable bonds is 5. The fourth-order valence-corrected chi connectivity index (χ4v) is 6.83. The first kappa shape index (κ1) is 21.5. The number of alkyl halides is 2. The lowest BCUT2D eigenvalue weighted by Gasteiger charge is -2.28. The Balaban J connectivity index is 1.33. The molecule has 9 heteroatoms. The summed E-state index contributed by atoms with van der Waals surface area (Å²) in [6.07, 6.45) is 0.829. The first-order valence-electron chi connectivity index (χ1n) is 9.85. The molecule has 1 aromatic carbocycles. The number of nitrogens with zero attached hydrogens (tertiary/aromatic N) is 1. The number of fused-ring (bicyclic) bond motifs is 5. The molecule has 1 aliphatic heterocycles. The minimum absolute atomic E-state index is 0.0881. The second kappa shape index (κ2) is 8.07. The summed E-state index contributed by atoms with van der Waals surface area (Å²) in [6.45, 7) is 2.89. The number of ether oxygens (including phenoxy) is 1. The average Bonchev–Trinajstić information content (AvgIpc) is 3.31. The van der Waals surface area contributed by atoms with Crippen LogP contribution in [0.5, 0.6) is 0 Å². The Labute approximate surface area is 191 Å². The van der Waals surface area contributed by atoms with E-state index in [0.717, 1.165) is 22.4 Å². The summed E-state index contributed by atoms with van der Waals surface area (Å²) in [7, 11) is 0. The van der Waals surface area contributed by atoms with Crippen molar-refractivity contribution in [3.05, 3.63) is 29.3 Å². The third kappa shape index (κ3) is 3.49. The van der Waals surface area contributed by atoms with Crippen molar-refractivity contribution in [3.63, 3.8) is 0 Å². The maximum atomic E-state index is 12.8. The van der Waals surface area contributed by atoms with Gasteiger partial charge in [0.15, 0.2) is 6.61 Å². The predicted octanol–water partition coefficient (Wildman–Crippen LogP) is 2.56. The van der Waals surface area contributed by atoms with E-state index in [4.69, 9.17) is 4.74 Å². The molecular formula is C21H22Br2N2O5.